The van der Waals surface area contributed by atoms with Crippen LogP contribution in [0, 0.1) is 5.41 Å². The molecule has 7 nitrogen and oxygen atoms in total. The van der Waals surface area contributed by atoms with E-state index in [4.69, 9.17) is 0 Å². The van der Waals surface area contributed by atoms with Gasteiger partial charge in [-0.2, -0.15) is 5.10 Å². The number of hydrogen-bond acceptors (Lipinski definition) is 5. The van der Waals surface area contributed by atoms with Crippen LogP contribution in [-0.2, 0) is 13.6 Å². The summed E-state index contributed by atoms with van der Waals surface area (Å²) in [6.45, 7) is 4.76. The maximum Gasteiger partial charge on any atom is 0.257 e. The minimum atomic E-state index is 0.0634. The first kappa shape index (κ1) is 17.1. The summed E-state index contributed by atoms with van der Waals surface area (Å²) in [5.41, 5.74) is 2.04. The van der Waals surface area contributed by atoms with Crippen LogP contribution in [0.4, 0.5) is 0 Å². The SMILES string of the molecule is Cn1nccc1CN1CCCC2(CCCN(C(=O)c3cncnc3)C2)C1. The zero-order valence-electron chi connectivity index (χ0n) is 15.3. The van der Waals surface area contributed by atoms with Crippen molar-refractivity contribution in [1.29, 1.82) is 0 Å². The highest BCUT2D eigenvalue weighted by Crippen LogP contribution is 2.39. The fraction of sp³-hybridized carbons (Fsp3) is 0.579. The fourth-order valence-corrected chi connectivity index (χ4v) is 4.54. The van der Waals surface area contributed by atoms with Gasteiger partial charge in [0.15, 0.2) is 0 Å². The lowest BCUT2D eigenvalue weighted by Gasteiger charge is -2.48. The van der Waals surface area contributed by atoms with Gasteiger partial charge in [0, 0.05) is 57.2 Å². The molecule has 2 aromatic rings. The van der Waals surface area contributed by atoms with Gasteiger partial charge in [0.05, 0.1) is 11.3 Å². The standard InChI is InChI=1S/C19H26N6O/c1-23-17(4-7-22-23)12-24-8-2-5-19(13-24)6-3-9-25(14-19)18(26)16-10-20-15-21-11-16/h4,7,10-11,15H,2-3,5-6,8-9,12-14H2,1H3. The van der Waals surface area contributed by atoms with Gasteiger partial charge >= 0.3 is 0 Å². The van der Waals surface area contributed by atoms with Crippen molar-refractivity contribution in [3.8, 4) is 0 Å². The Hall–Kier alpha value is -2.28. The zero-order valence-corrected chi connectivity index (χ0v) is 15.3. The number of piperidine rings is 2. The average molecular weight is 354 g/mol. The normalized spacial score (nSPS) is 24.1. The maximum atomic E-state index is 12.8. The first-order valence-corrected chi connectivity index (χ1v) is 9.39. The van der Waals surface area contributed by atoms with Crippen molar-refractivity contribution in [3.05, 3.63) is 42.2 Å². The predicted octanol–water partition coefficient (Wildman–Crippen LogP) is 1.73. The smallest absolute Gasteiger partial charge is 0.257 e. The second-order valence-corrected chi connectivity index (χ2v) is 7.72. The molecule has 0 N–H and O–H groups in total. The molecule has 2 saturated heterocycles. The topological polar surface area (TPSA) is 67.2 Å². The number of carbonyl (C=O) groups excluding carboxylic acids is 1. The summed E-state index contributed by atoms with van der Waals surface area (Å²) in [6, 6.07) is 2.09. The maximum absolute atomic E-state index is 12.8. The molecule has 2 aliphatic heterocycles. The number of carbonyl (C=O) groups is 1. The highest BCUT2D eigenvalue weighted by molar-refractivity contribution is 5.93. The molecule has 26 heavy (non-hydrogen) atoms. The Bertz CT molecular complexity index is 756. The second-order valence-electron chi connectivity index (χ2n) is 7.72. The monoisotopic (exact) mass is 354 g/mol. The Kier molecular flexibility index (Phi) is 4.72. The van der Waals surface area contributed by atoms with Crippen LogP contribution < -0.4 is 0 Å². The number of rotatable bonds is 3. The minimum Gasteiger partial charge on any atom is -0.338 e. The van der Waals surface area contributed by atoms with Crippen molar-refractivity contribution in [2.24, 2.45) is 12.5 Å². The van der Waals surface area contributed by atoms with Crippen LogP contribution >= 0.6 is 0 Å². The molecular formula is C19H26N6O. The molecule has 7 heteroatoms. The van der Waals surface area contributed by atoms with Crippen LogP contribution in [0.2, 0.25) is 0 Å². The zero-order chi connectivity index (χ0) is 18.0. The summed E-state index contributed by atoms with van der Waals surface area (Å²) >= 11 is 0. The number of likely N-dealkylation sites (tertiary alicyclic amines) is 2. The van der Waals surface area contributed by atoms with E-state index in [0.717, 1.165) is 39.1 Å². The summed E-state index contributed by atoms with van der Waals surface area (Å²) < 4.78 is 1.95. The molecule has 0 radical (unpaired) electrons. The van der Waals surface area contributed by atoms with E-state index in [1.165, 1.54) is 31.3 Å². The average Bonchev–Trinajstić information content (AvgIpc) is 3.06. The third-order valence-electron chi connectivity index (χ3n) is 5.80. The summed E-state index contributed by atoms with van der Waals surface area (Å²) in [4.78, 5) is 25.3. The largest absolute Gasteiger partial charge is 0.338 e. The van der Waals surface area contributed by atoms with E-state index in [-0.39, 0.29) is 11.3 Å². The lowest BCUT2D eigenvalue weighted by Crippen LogP contribution is -2.53. The van der Waals surface area contributed by atoms with Crippen LogP contribution in [0.15, 0.2) is 31.0 Å². The second kappa shape index (κ2) is 7.15. The van der Waals surface area contributed by atoms with Gasteiger partial charge < -0.3 is 4.90 Å². The Morgan fingerprint density at radius 2 is 1.92 bits per heavy atom. The molecule has 0 aromatic carbocycles. The van der Waals surface area contributed by atoms with E-state index in [1.54, 1.807) is 12.4 Å². The van der Waals surface area contributed by atoms with Gasteiger partial charge in [0.1, 0.15) is 6.33 Å². The summed E-state index contributed by atoms with van der Waals surface area (Å²) in [7, 11) is 2.00. The fourth-order valence-electron chi connectivity index (χ4n) is 4.54. The van der Waals surface area contributed by atoms with E-state index in [9.17, 15) is 4.79 Å². The van der Waals surface area contributed by atoms with Crippen LogP contribution in [0.3, 0.4) is 0 Å². The van der Waals surface area contributed by atoms with Crippen molar-refractivity contribution in [3.63, 3.8) is 0 Å². The lowest BCUT2D eigenvalue weighted by molar-refractivity contribution is 0.0107. The third-order valence-corrected chi connectivity index (χ3v) is 5.80. The van der Waals surface area contributed by atoms with Crippen LogP contribution in [-0.4, -0.2) is 61.6 Å². The van der Waals surface area contributed by atoms with E-state index < -0.39 is 0 Å². The third kappa shape index (κ3) is 3.49. The highest BCUT2D eigenvalue weighted by atomic mass is 16.2. The van der Waals surface area contributed by atoms with Gasteiger partial charge in [-0.15, -0.1) is 0 Å². The Morgan fingerprint density at radius 1 is 1.15 bits per heavy atom. The summed E-state index contributed by atoms with van der Waals surface area (Å²) in [5, 5.41) is 4.28. The van der Waals surface area contributed by atoms with E-state index in [2.05, 4.69) is 26.0 Å². The molecule has 0 aliphatic carbocycles. The lowest BCUT2D eigenvalue weighted by atomic mass is 9.73. The number of aryl methyl sites for hydroxylation is 1. The molecule has 0 saturated carbocycles. The quantitative estimate of drug-likeness (QED) is 0.840. The highest BCUT2D eigenvalue weighted by Gasteiger charge is 2.40. The van der Waals surface area contributed by atoms with E-state index in [0.29, 0.717) is 5.56 Å². The molecule has 4 rings (SSSR count). The first-order chi connectivity index (χ1) is 12.7. The molecule has 2 aliphatic rings. The predicted molar refractivity (Wildman–Crippen MR) is 97.3 cm³/mol. The molecule has 1 amide bonds. The molecule has 2 aromatic heterocycles. The molecule has 4 heterocycles. The van der Waals surface area contributed by atoms with Gasteiger partial charge in [-0.25, -0.2) is 9.97 Å². The molecule has 138 valence electrons. The van der Waals surface area contributed by atoms with Crippen molar-refractivity contribution < 1.29 is 4.79 Å². The molecule has 0 bridgehead atoms. The first-order valence-electron chi connectivity index (χ1n) is 9.39. The van der Waals surface area contributed by atoms with Crippen LogP contribution in [0.25, 0.3) is 0 Å². The molecule has 1 unspecified atom stereocenters. The van der Waals surface area contributed by atoms with Gasteiger partial charge in [-0.3, -0.25) is 14.4 Å². The van der Waals surface area contributed by atoms with E-state index in [1.807, 2.05) is 22.8 Å². The number of nitrogens with zero attached hydrogens (tertiary/aromatic N) is 6. The van der Waals surface area contributed by atoms with E-state index >= 15 is 0 Å². The van der Waals surface area contributed by atoms with Crippen molar-refractivity contribution in [1.82, 2.24) is 29.5 Å². The van der Waals surface area contributed by atoms with Crippen molar-refractivity contribution >= 4 is 5.91 Å². The Balaban J connectivity index is 1.45. The van der Waals surface area contributed by atoms with Gasteiger partial charge in [-0.1, -0.05) is 0 Å². The van der Waals surface area contributed by atoms with Crippen molar-refractivity contribution in [2.75, 3.05) is 26.2 Å². The molecule has 1 spiro atoms. The molecule has 1 atom stereocenters. The summed E-state index contributed by atoms with van der Waals surface area (Å²) in [6.07, 6.45) is 11.2. The number of hydrogen-bond donors (Lipinski definition) is 0. The van der Waals surface area contributed by atoms with Gasteiger partial charge in [0.2, 0.25) is 0 Å². The molecular weight excluding hydrogens is 328 g/mol. The number of amides is 1. The number of aromatic nitrogens is 4. The van der Waals surface area contributed by atoms with Gasteiger partial charge in [0.25, 0.3) is 5.91 Å². The minimum absolute atomic E-state index is 0.0634. The Morgan fingerprint density at radius 3 is 2.65 bits per heavy atom. The van der Waals surface area contributed by atoms with Crippen LogP contribution in [0.1, 0.15) is 41.7 Å². The summed E-state index contributed by atoms with van der Waals surface area (Å²) in [5.74, 6) is 0.0634. The molecule has 2 fully saturated rings. The van der Waals surface area contributed by atoms with Crippen molar-refractivity contribution in [2.45, 2.75) is 32.2 Å². The van der Waals surface area contributed by atoms with Gasteiger partial charge in [-0.05, 0) is 38.3 Å². The van der Waals surface area contributed by atoms with Crippen LogP contribution in [0.5, 0.6) is 0 Å². The Labute approximate surface area is 154 Å².